The van der Waals surface area contributed by atoms with Gasteiger partial charge < -0.3 is 25.0 Å². The maximum atomic E-state index is 13.1. The molecule has 1 aromatic heterocycles. The summed E-state index contributed by atoms with van der Waals surface area (Å²) in [6.07, 6.45) is 0. The van der Waals surface area contributed by atoms with Gasteiger partial charge in [0.2, 0.25) is 6.79 Å². The molecule has 1 amide bonds. The van der Waals surface area contributed by atoms with Crippen LogP contribution in [0.25, 0.3) is 10.9 Å². The molecule has 35 heavy (non-hydrogen) atoms. The number of nitrogens with zero attached hydrogens (tertiary/aromatic N) is 3. The average Bonchev–Trinajstić information content (AvgIpc) is 3.35. The lowest BCUT2D eigenvalue weighted by molar-refractivity contribution is 0.102. The minimum atomic E-state index is -0.398. The van der Waals surface area contributed by atoms with Crippen molar-refractivity contribution in [1.29, 1.82) is 5.26 Å². The lowest BCUT2D eigenvalue weighted by Crippen LogP contribution is -2.16. The summed E-state index contributed by atoms with van der Waals surface area (Å²) >= 11 is 0. The molecule has 4 aromatic rings. The Kier molecular flexibility index (Phi) is 5.81. The Morgan fingerprint density at radius 3 is 2.63 bits per heavy atom. The lowest BCUT2D eigenvalue weighted by atomic mass is 10.1. The Morgan fingerprint density at radius 1 is 1.06 bits per heavy atom. The summed E-state index contributed by atoms with van der Waals surface area (Å²) in [5.41, 5.74) is 3.96. The van der Waals surface area contributed by atoms with Crippen molar-refractivity contribution in [2.45, 2.75) is 6.54 Å². The first-order chi connectivity index (χ1) is 17.0. The predicted molar refractivity (Wildman–Crippen MR) is 135 cm³/mol. The van der Waals surface area contributed by atoms with Crippen LogP contribution in [-0.2, 0) is 6.54 Å². The van der Waals surface area contributed by atoms with Crippen LogP contribution < -0.4 is 25.0 Å². The van der Waals surface area contributed by atoms with E-state index in [2.05, 4.69) is 21.7 Å². The average molecular weight is 466 g/mol. The number of rotatable bonds is 6. The minimum absolute atomic E-state index is 0.122. The van der Waals surface area contributed by atoms with Gasteiger partial charge in [-0.15, -0.1) is 0 Å². The summed E-state index contributed by atoms with van der Waals surface area (Å²) in [5, 5.41) is 17.1. The standard InChI is InChI=1S/C27H23N5O3/c1-32(2)19-9-10-22-20(13-19)25(29-15-17-6-4-3-5-7-17)21(14-28)26(30-22)31-27(33)18-8-11-23-24(12-18)35-16-34-23/h3-13H,15-16H2,1-2H3,(H2,29,30,31,33). The summed E-state index contributed by atoms with van der Waals surface area (Å²) in [6, 6.07) is 22.9. The van der Waals surface area contributed by atoms with Gasteiger partial charge in [0.1, 0.15) is 11.6 Å². The number of carbonyl (C=O) groups excluding carboxylic acids is 1. The van der Waals surface area contributed by atoms with Crippen LogP contribution >= 0.6 is 0 Å². The van der Waals surface area contributed by atoms with Crippen LogP contribution in [0.15, 0.2) is 66.7 Å². The second-order valence-electron chi connectivity index (χ2n) is 8.28. The van der Waals surface area contributed by atoms with Crippen molar-refractivity contribution in [3.63, 3.8) is 0 Å². The molecule has 5 rings (SSSR count). The van der Waals surface area contributed by atoms with E-state index >= 15 is 0 Å². The third kappa shape index (κ3) is 4.39. The van der Waals surface area contributed by atoms with Crippen molar-refractivity contribution in [2.75, 3.05) is 36.4 Å². The van der Waals surface area contributed by atoms with Crippen LogP contribution in [0.4, 0.5) is 17.2 Å². The van der Waals surface area contributed by atoms with E-state index in [0.717, 1.165) is 16.6 Å². The highest BCUT2D eigenvalue weighted by molar-refractivity contribution is 6.07. The van der Waals surface area contributed by atoms with Gasteiger partial charge in [0, 0.05) is 37.3 Å². The largest absolute Gasteiger partial charge is 0.454 e. The number of fused-ring (bicyclic) bond motifs is 2. The van der Waals surface area contributed by atoms with Gasteiger partial charge in [0.25, 0.3) is 5.91 Å². The molecule has 8 nitrogen and oxygen atoms in total. The summed E-state index contributed by atoms with van der Waals surface area (Å²) in [5.74, 6) is 0.889. The molecular weight excluding hydrogens is 442 g/mol. The molecule has 0 bridgehead atoms. The smallest absolute Gasteiger partial charge is 0.256 e. The minimum Gasteiger partial charge on any atom is -0.454 e. The van der Waals surface area contributed by atoms with Crippen molar-refractivity contribution in [2.24, 2.45) is 0 Å². The molecule has 0 fully saturated rings. The van der Waals surface area contributed by atoms with Gasteiger partial charge in [-0.05, 0) is 42.0 Å². The third-order valence-electron chi connectivity index (χ3n) is 5.78. The van der Waals surface area contributed by atoms with Crippen LogP contribution in [0.5, 0.6) is 11.5 Å². The summed E-state index contributed by atoms with van der Waals surface area (Å²) < 4.78 is 10.7. The van der Waals surface area contributed by atoms with Gasteiger partial charge in [0.15, 0.2) is 17.3 Å². The zero-order chi connectivity index (χ0) is 24.4. The zero-order valence-corrected chi connectivity index (χ0v) is 19.3. The molecule has 174 valence electrons. The number of carbonyl (C=O) groups is 1. The molecule has 2 heterocycles. The van der Waals surface area contributed by atoms with Gasteiger partial charge in [-0.25, -0.2) is 4.98 Å². The maximum absolute atomic E-state index is 13.1. The third-order valence-corrected chi connectivity index (χ3v) is 5.78. The van der Waals surface area contributed by atoms with Crippen LogP contribution in [-0.4, -0.2) is 31.8 Å². The first-order valence-electron chi connectivity index (χ1n) is 11.1. The molecule has 0 spiro atoms. The molecule has 0 saturated heterocycles. The topological polar surface area (TPSA) is 99.5 Å². The van der Waals surface area contributed by atoms with E-state index in [1.165, 1.54) is 0 Å². The molecule has 3 aromatic carbocycles. The molecule has 0 saturated carbocycles. The molecule has 0 radical (unpaired) electrons. The number of hydrogen-bond acceptors (Lipinski definition) is 7. The number of pyridine rings is 1. The highest BCUT2D eigenvalue weighted by Gasteiger charge is 2.20. The normalized spacial score (nSPS) is 11.7. The number of anilines is 3. The Bertz CT molecular complexity index is 1460. The van der Waals surface area contributed by atoms with Gasteiger partial charge in [-0.1, -0.05) is 30.3 Å². The van der Waals surface area contributed by atoms with E-state index in [9.17, 15) is 10.1 Å². The van der Waals surface area contributed by atoms with Gasteiger partial charge >= 0.3 is 0 Å². The van der Waals surface area contributed by atoms with Crippen LogP contribution in [0, 0.1) is 11.3 Å². The van der Waals surface area contributed by atoms with Crippen molar-refractivity contribution in [3.8, 4) is 17.6 Å². The van der Waals surface area contributed by atoms with E-state index in [1.807, 2.05) is 67.5 Å². The number of amides is 1. The number of nitriles is 1. The summed E-state index contributed by atoms with van der Waals surface area (Å²) in [4.78, 5) is 19.7. The monoisotopic (exact) mass is 465 g/mol. The van der Waals surface area contributed by atoms with Crippen LogP contribution in [0.1, 0.15) is 21.5 Å². The maximum Gasteiger partial charge on any atom is 0.256 e. The molecular formula is C27H23N5O3. The Morgan fingerprint density at radius 2 is 1.86 bits per heavy atom. The highest BCUT2D eigenvalue weighted by Crippen LogP contribution is 2.35. The van der Waals surface area contributed by atoms with Crippen molar-refractivity contribution >= 4 is 34.0 Å². The Balaban J connectivity index is 1.56. The molecule has 0 aliphatic carbocycles. The molecule has 1 aliphatic rings. The van der Waals surface area contributed by atoms with E-state index in [1.54, 1.807) is 18.2 Å². The van der Waals surface area contributed by atoms with Gasteiger partial charge in [-0.2, -0.15) is 5.26 Å². The molecule has 0 atom stereocenters. The molecule has 0 unspecified atom stereocenters. The number of hydrogen-bond donors (Lipinski definition) is 2. The lowest BCUT2D eigenvalue weighted by Gasteiger charge is -2.18. The van der Waals surface area contributed by atoms with Gasteiger partial charge in [0.05, 0.1) is 11.2 Å². The molecule has 8 heteroatoms. The first-order valence-corrected chi connectivity index (χ1v) is 11.1. The Hall–Kier alpha value is -4.77. The highest BCUT2D eigenvalue weighted by atomic mass is 16.7. The first kappa shape index (κ1) is 22.0. The fraction of sp³-hybridized carbons (Fsp3) is 0.148. The van der Waals surface area contributed by atoms with Crippen molar-refractivity contribution < 1.29 is 14.3 Å². The van der Waals surface area contributed by atoms with E-state index in [-0.39, 0.29) is 18.2 Å². The summed E-state index contributed by atoms with van der Waals surface area (Å²) in [7, 11) is 3.91. The van der Waals surface area contributed by atoms with E-state index < -0.39 is 5.91 Å². The number of ether oxygens (including phenoxy) is 2. The van der Waals surface area contributed by atoms with Crippen molar-refractivity contribution in [1.82, 2.24) is 4.98 Å². The van der Waals surface area contributed by atoms with Crippen LogP contribution in [0.2, 0.25) is 0 Å². The summed E-state index contributed by atoms with van der Waals surface area (Å²) in [6.45, 7) is 0.632. The SMILES string of the molecule is CN(C)c1ccc2nc(NC(=O)c3ccc4c(c3)OCO4)c(C#N)c(NCc3ccccc3)c2c1. The van der Waals surface area contributed by atoms with E-state index in [4.69, 9.17) is 9.47 Å². The van der Waals surface area contributed by atoms with Crippen molar-refractivity contribution in [3.05, 3.63) is 83.4 Å². The number of aromatic nitrogens is 1. The zero-order valence-electron chi connectivity index (χ0n) is 19.3. The van der Waals surface area contributed by atoms with Crippen LogP contribution in [0.3, 0.4) is 0 Å². The number of nitrogens with one attached hydrogen (secondary N) is 2. The molecule has 1 aliphatic heterocycles. The predicted octanol–water partition coefficient (Wildman–Crippen LogP) is 4.77. The molecule has 2 N–H and O–H groups in total. The Labute approximate surface area is 202 Å². The fourth-order valence-corrected chi connectivity index (χ4v) is 3.92. The van der Waals surface area contributed by atoms with E-state index in [0.29, 0.717) is 34.8 Å². The number of benzene rings is 3. The fourth-order valence-electron chi connectivity index (χ4n) is 3.92. The second kappa shape index (κ2) is 9.23. The second-order valence-corrected chi connectivity index (χ2v) is 8.28. The quantitative estimate of drug-likeness (QED) is 0.423. The van der Waals surface area contributed by atoms with Gasteiger partial charge in [-0.3, -0.25) is 4.79 Å².